The lowest BCUT2D eigenvalue weighted by Crippen LogP contribution is -2.36. The summed E-state index contributed by atoms with van der Waals surface area (Å²) in [7, 11) is 0. The van der Waals surface area contributed by atoms with Crippen molar-refractivity contribution in [3.63, 3.8) is 0 Å². The lowest BCUT2D eigenvalue weighted by Gasteiger charge is -2.28. The highest BCUT2D eigenvalue weighted by atomic mass is 79.9. The smallest absolute Gasteiger partial charge is 0.229 e. The van der Waals surface area contributed by atoms with Crippen LogP contribution in [0.1, 0.15) is 24.8 Å². The van der Waals surface area contributed by atoms with E-state index in [1.165, 1.54) is 43.6 Å². The molecule has 0 radical (unpaired) electrons. The van der Waals surface area contributed by atoms with E-state index in [-0.39, 0.29) is 0 Å². The highest BCUT2D eigenvalue weighted by Gasteiger charge is 2.12. The third-order valence-electron chi connectivity index (χ3n) is 6.63. The predicted octanol–water partition coefficient (Wildman–Crippen LogP) is 5.59. The number of halogens is 1. The highest BCUT2D eigenvalue weighted by Crippen LogP contribution is 2.26. The number of likely N-dealkylation sites (tertiary alicyclic amines) is 1. The fraction of sp³-hybridized carbons (Fsp3) is 0.407. The van der Waals surface area contributed by atoms with Crippen LogP contribution in [0, 0.1) is 0 Å². The van der Waals surface area contributed by atoms with Crippen molar-refractivity contribution in [1.29, 1.82) is 0 Å². The molecule has 0 bridgehead atoms. The van der Waals surface area contributed by atoms with Crippen molar-refractivity contribution in [2.75, 3.05) is 61.5 Å². The summed E-state index contributed by atoms with van der Waals surface area (Å²) in [6, 6.07) is 17.0. The molecule has 2 aromatic carbocycles. The molecule has 0 saturated carbocycles. The zero-order valence-electron chi connectivity index (χ0n) is 20.0. The second-order valence-corrected chi connectivity index (χ2v) is 9.99. The Balaban J connectivity index is 1.18. The van der Waals surface area contributed by atoms with Crippen LogP contribution in [0.4, 0.5) is 28.8 Å². The molecule has 2 aliphatic heterocycles. The van der Waals surface area contributed by atoms with Crippen LogP contribution >= 0.6 is 15.9 Å². The molecule has 0 amide bonds. The Kier molecular flexibility index (Phi) is 8.13. The number of hydrogen-bond donors (Lipinski definition) is 2. The number of hydrogen-bond acceptors (Lipinski definition) is 7. The molecule has 0 spiro atoms. The fourth-order valence-corrected chi connectivity index (χ4v) is 4.87. The molecule has 0 unspecified atom stereocenters. The topological polar surface area (TPSA) is 65.5 Å². The molecule has 3 heterocycles. The van der Waals surface area contributed by atoms with Gasteiger partial charge in [-0.3, -0.25) is 0 Å². The summed E-state index contributed by atoms with van der Waals surface area (Å²) in [5.74, 6) is 1.28. The molecule has 184 valence electrons. The van der Waals surface area contributed by atoms with Gasteiger partial charge in [-0.1, -0.05) is 18.6 Å². The molecule has 35 heavy (non-hydrogen) atoms. The number of anilines is 5. The van der Waals surface area contributed by atoms with Crippen LogP contribution in [0.3, 0.4) is 0 Å². The molecular weight excluding hydrogens is 504 g/mol. The second-order valence-electron chi connectivity index (χ2n) is 9.14. The number of piperidine rings is 1. The van der Waals surface area contributed by atoms with E-state index in [1.54, 1.807) is 6.20 Å². The first-order valence-electron chi connectivity index (χ1n) is 12.5. The van der Waals surface area contributed by atoms with Gasteiger partial charge in [0.2, 0.25) is 5.95 Å². The lowest BCUT2D eigenvalue weighted by molar-refractivity contribution is 0.122. The second kappa shape index (κ2) is 11.8. The van der Waals surface area contributed by atoms with Gasteiger partial charge in [0.25, 0.3) is 0 Å². The molecule has 0 aliphatic carbocycles. The first-order valence-corrected chi connectivity index (χ1v) is 13.3. The Morgan fingerprint density at radius 1 is 0.829 bits per heavy atom. The summed E-state index contributed by atoms with van der Waals surface area (Å²) >= 11 is 3.57. The van der Waals surface area contributed by atoms with E-state index in [2.05, 4.69) is 94.9 Å². The maximum absolute atomic E-state index is 5.44. The normalized spacial score (nSPS) is 16.8. The lowest BCUT2D eigenvalue weighted by atomic mass is 10.1. The van der Waals surface area contributed by atoms with Crippen molar-refractivity contribution in [2.45, 2.75) is 25.7 Å². The zero-order valence-corrected chi connectivity index (χ0v) is 21.6. The number of morpholine rings is 1. The van der Waals surface area contributed by atoms with Gasteiger partial charge in [0.1, 0.15) is 5.82 Å². The predicted molar refractivity (Wildman–Crippen MR) is 146 cm³/mol. The summed E-state index contributed by atoms with van der Waals surface area (Å²) in [6.45, 7) is 7.06. The maximum Gasteiger partial charge on any atom is 0.229 e. The van der Waals surface area contributed by atoms with Crippen molar-refractivity contribution >= 4 is 44.8 Å². The average molecular weight is 538 g/mol. The number of ether oxygens (including phenoxy) is 1. The minimum absolute atomic E-state index is 0.549. The van der Waals surface area contributed by atoms with Gasteiger partial charge in [-0.05, 0) is 90.2 Å². The quantitative estimate of drug-likeness (QED) is 0.388. The van der Waals surface area contributed by atoms with Crippen LogP contribution in [0.25, 0.3) is 0 Å². The standard InChI is InChI=1S/C27H33BrN6O/c28-25-20-29-27(31-23-8-10-24(11-9-23)34-16-18-35-19-17-34)32-26(25)30-22-6-4-21(5-7-22)12-15-33-13-2-1-3-14-33/h4-11,20H,1-3,12-19H2,(H2,29,30,31,32). The molecule has 2 fully saturated rings. The van der Waals surface area contributed by atoms with Crippen LogP contribution in [0.15, 0.2) is 59.2 Å². The van der Waals surface area contributed by atoms with Gasteiger partial charge < -0.3 is 25.2 Å². The Hall–Kier alpha value is -2.68. The third kappa shape index (κ3) is 6.72. The molecule has 5 rings (SSSR count). The van der Waals surface area contributed by atoms with Gasteiger partial charge in [-0.15, -0.1) is 0 Å². The van der Waals surface area contributed by atoms with Gasteiger partial charge >= 0.3 is 0 Å². The van der Waals surface area contributed by atoms with Gasteiger partial charge in [-0.2, -0.15) is 4.98 Å². The zero-order chi connectivity index (χ0) is 23.9. The maximum atomic E-state index is 5.44. The van der Waals surface area contributed by atoms with E-state index < -0.39 is 0 Å². The number of nitrogens with zero attached hydrogens (tertiary/aromatic N) is 4. The summed E-state index contributed by atoms with van der Waals surface area (Å²) in [5, 5.41) is 6.73. The van der Waals surface area contributed by atoms with E-state index in [4.69, 9.17) is 4.74 Å². The van der Waals surface area contributed by atoms with Crippen molar-refractivity contribution < 1.29 is 4.74 Å². The SMILES string of the molecule is Brc1cnc(Nc2ccc(N3CCOCC3)cc2)nc1Nc1ccc(CCN2CCCCC2)cc1. The van der Waals surface area contributed by atoms with Crippen LogP contribution < -0.4 is 15.5 Å². The largest absolute Gasteiger partial charge is 0.378 e. The summed E-state index contributed by atoms with van der Waals surface area (Å²) < 4.78 is 6.26. The Morgan fingerprint density at radius 2 is 1.51 bits per heavy atom. The van der Waals surface area contributed by atoms with Gasteiger partial charge in [0.15, 0.2) is 0 Å². The molecule has 3 aromatic rings. The molecule has 1 aromatic heterocycles. The molecule has 2 saturated heterocycles. The monoisotopic (exact) mass is 536 g/mol. The average Bonchev–Trinajstić information content (AvgIpc) is 2.92. The van der Waals surface area contributed by atoms with E-state index in [0.717, 1.165) is 60.9 Å². The van der Waals surface area contributed by atoms with E-state index in [1.807, 2.05) is 0 Å². The van der Waals surface area contributed by atoms with E-state index in [9.17, 15) is 0 Å². The summed E-state index contributed by atoms with van der Waals surface area (Å²) in [4.78, 5) is 14.0. The van der Waals surface area contributed by atoms with Gasteiger partial charge in [0.05, 0.1) is 17.7 Å². The molecule has 8 heteroatoms. The molecule has 2 N–H and O–H groups in total. The first-order chi connectivity index (χ1) is 17.2. The minimum Gasteiger partial charge on any atom is -0.378 e. The van der Waals surface area contributed by atoms with E-state index in [0.29, 0.717) is 5.95 Å². The van der Waals surface area contributed by atoms with Crippen molar-refractivity contribution in [3.05, 3.63) is 64.8 Å². The van der Waals surface area contributed by atoms with Gasteiger partial charge in [-0.25, -0.2) is 4.98 Å². The van der Waals surface area contributed by atoms with Crippen molar-refractivity contribution in [2.24, 2.45) is 0 Å². The van der Waals surface area contributed by atoms with Crippen molar-refractivity contribution in [3.8, 4) is 0 Å². The van der Waals surface area contributed by atoms with E-state index >= 15 is 0 Å². The number of aromatic nitrogens is 2. The number of rotatable bonds is 8. The van der Waals surface area contributed by atoms with Crippen LogP contribution in [0.5, 0.6) is 0 Å². The van der Waals surface area contributed by atoms with Crippen LogP contribution in [-0.4, -0.2) is 60.8 Å². The minimum atomic E-state index is 0.549. The van der Waals surface area contributed by atoms with Gasteiger partial charge in [0, 0.05) is 42.9 Å². The first kappa shape index (κ1) is 24.0. The Morgan fingerprint density at radius 3 is 2.26 bits per heavy atom. The Bertz CT molecular complexity index is 1080. The Labute approximate surface area is 216 Å². The number of benzene rings is 2. The number of nitrogens with one attached hydrogen (secondary N) is 2. The third-order valence-corrected chi connectivity index (χ3v) is 7.21. The summed E-state index contributed by atoms with van der Waals surface area (Å²) in [5.41, 5.74) is 4.53. The molecule has 7 nitrogen and oxygen atoms in total. The summed E-state index contributed by atoms with van der Waals surface area (Å²) in [6.07, 6.45) is 6.93. The van der Waals surface area contributed by atoms with Crippen LogP contribution in [0.2, 0.25) is 0 Å². The molecule has 0 atom stereocenters. The molecular formula is C27H33BrN6O. The fourth-order valence-electron chi connectivity index (χ4n) is 4.58. The van der Waals surface area contributed by atoms with Crippen molar-refractivity contribution in [1.82, 2.24) is 14.9 Å². The highest BCUT2D eigenvalue weighted by molar-refractivity contribution is 9.10. The molecule has 2 aliphatic rings. The van der Waals surface area contributed by atoms with Crippen LogP contribution in [-0.2, 0) is 11.2 Å².